The van der Waals surface area contributed by atoms with E-state index >= 15 is 0 Å². The predicted molar refractivity (Wildman–Crippen MR) is 113 cm³/mol. The zero-order chi connectivity index (χ0) is 20.3. The Kier molecular flexibility index (Phi) is 5.66. The summed E-state index contributed by atoms with van der Waals surface area (Å²) in [6.07, 6.45) is 0. The lowest BCUT2D eigenvalue weighted by Gasteiger charge is -2.27. The third kappa shape index (κ3) is 4.67. The highest BCUT2D eigenvalue weighted by Crippen LogP contribution is 2.24. The maximum Gasteiger partial charge on any atom is 0.261 e. The molecular formula is C20H19ClN4O3S. The van der Waals surface area contributed by atoms with Gasteiger partial charge in [-0.25, -0.2) is 8.42 Å². The molecule has 1 saturated heterocycles. The molecule has 1 N–H and O–H groups in total. The van der Waals surface area contributed by atoms with Crippen LogP contribution >= 0.6 is 11.6 Å². The zero-order valence-corrected chi connectivity index (χ0v) is 17.0. The minimum absolute atomic E-state index is 0.102. The van der Waals surface area contributed by atoms with Crippen LogP contribution in [-0.4, -0.2) is 44.9 Å². The fraction of sp³-hybridized carbons (Fsp3) is 0.200. The van der Waals surface area contributed by atoms with Gasteiger partial charge in [0.05, 0.1) is 23.8 Å². The van der Waals surface area contributed by atoms with E-state index in [9.17, 15) is 8.42 Å². The second-order valence-electron chi connectivity index (χ2n) is 6.52. The Bertz CT molecular complexity index is 1100. The van der Waals surface area contributed by atoms with Crippen LogP contribution in [0.5, 0.6) is 0 Å². The minimum atomic E-state index is -3.75. The van der Waals surface area contributed by atoms with Crippen molar-refractivity contribution in [2.24, 2.45) is 0 Å². The molecule has 0 atom stereocenters. The first-order valence-corrected chi connectivity index (χ1v) is 10.9. The molecule has 9 heteroatoms. The van der Waals surface area contributed by atoms with Gasteiger partial charge in [0.2, 0.25) is 0 Å². The Hall–Kier alpha value is -2.68. The van der Waals surface area contributed by atoms with Crippen LogP contribution in [0.1, 0.15) is 0 Å². The number of nitrogens with zero attached hydrogens (tertiary/aromatic N) is 3. The van der Waals surface area contributed by atoms with Crippen molar-refractivity contribution in [2.45, 2.75) is 4.90 Å². The van der Waals surface area contributed by atoms with Gasteiger partial charge in [0.1, 0.15) is 0 Å². The zero-order valence-electron chi connectivity index (χ0n) is 15.5. The number of anilines is 2. The monoisotopic (exact) mass is 430 g/mol. The molecule has 7 nitrogen and oxygen atoms in total. The van der Waals surface area contributed by atoms with Gasteiger partial charge in [0.25, 0.3) is 10.0 Å². The topological polar surface area (TPSA) is 84.4 Å². The van der Waals surface area contributed by atoms with Crippen LogP contribution in [0.25, 0.3) is 11.3 Å². The van der Waals surface area contributed by atoms with Crippen molar-refractivity contribution in [1.29, 1.82) is 0 Å². The normalized spacial score (nSPS) is 14.6. The number of aromatic nitrogens is 2. The van der Waals surface area contributed by atoms with Gasteiger partial charge in [-0.3, -0.25) is 4.72 Å². The number of sulfonamides is 1. The molecule has 1 aliphatic heterocycles. The molecule has 0 bridgehead atoms. The average Bonchev–Trinajstić information content (AvgIpc) is 2.74. The van der Waals surface area contributed by atoms with Crippen molar-refractivity contribution in [3.8, 4) is 11.3 Å². The molecule has 1 fully saturated rings. The van der Waals surface area contributed by atoms with Crippen molar-refractivity contribution in [1.82, 2.24) is 10.2 Å². The van der Waals surface area contributed by atoms with Crippen LogP contribution in [0, 0.1) is 0 Å². The number of ether oxygens (including phenoxy) is 1. The first-order valence-electron chi connectivity index (χ1n) is 9.06. The van der Waals surface area contributed by atoms with Gasteiger partial charge in [-0.15, -0.1) is 10.2 Å². The van der Waals surface area contributed by atoms with Gasteiger partial charge in [-0.2, -0.15) is 0 Å². The molecule has 0 saturated carbocycles. The van der Waals surface area contributed by atoms with Crippen LogP contribution in [0.4, 0.5) is 11.5 Å². The summed E-state index contributed by atoms with van der Waals surface area (Å²) in [6, 6.07) is 16.9. The molecule has 0 radical (unpaired) electrons. The maximum atomic E-state index is 12.6. The van der Waals surface area contributed by atoms with Crippen LogP contribution in [0.15, 0.2) is 65.6 Å². The number of hydrogen-bond acceptors (Lipinski definition) is 6. The van der Waals surface area contributed by atoms with Crippen LogP contribution in [0.2, 0.25) is 5.02 Å². The van der Waals surface area contributed by atoms with Gasteiger partial charge >= 0.3 is 0 Å². The Morgan fingerprint density at radius 3 is 2.48 bits per heavy atom. The summed E-state index contributed by atoms with van der Waals surface area (Å²) in [4.78, 5) is 2.22. The summed E-state index contributed by atoms with van der Waals surface area (Å²) >= 11 is 5.91. The molecule has 2 aromatic carbocycles. The van der Waals surface area contributed by atoms with Crippen LogP contribution in [-0.2, 0) is 14.8 Å². The summed E-state index contributed by atoms with van der Waals surface area (Å²) in [5.74, 6) is 0.801. The van der Waals surface area contributed by atoms with Crippen molar-refractivity contribution in [3.63, 3.8) is 0 Å². The van der Waals surface area contributed by atoms with Crippen LogP contribution < -0.4 is 9.62 Å². The van der Waals surface area contributed by atoms with Crippen molar-refractivity contribution in [3.05, 3.63) is 65.7 Å². The number of nitrogens with one attached hydrogen (secondary N) is 1. The van der Waals surface area contributed by atoms with E-state index in [4.69, 9.17) is 16.3 Å². The summed E-state index contributed by atoms with van der Waals surface area (Å²) < 4.78 is 33.1. The summed E-state index contributed by atoms with van der Waals surface area (Å²) in [5.41, 5.74) is 1.85. The number of halogens is 1. The molecule has 0 unspecified atom stereocenters. The summed E-state index contributed by atoms with van der Waals surface area (Å²) in [5, 5.41) is 8.97. The smallest absolute Gasteiger partial charge is 0.261 e. The van der Waals surface area contributed by atoms with E-state index in [1.54, 1.807) is 30.3 Å². The second-order valence-corrected chi connectivity index (χ2v) is 8.64. The fourth-order valence-electron chi connectivity index (χ4n) is 3.03. The predicted octanol–water partition coefficient (Wildman–Crippen LogP) is 3.43. The number of hydrogen-bond donors (Lipinski definition) is 1. The SMILES string of the molecule is O=S(=O)(Nc1cccc(-c2ccc(N3CCOCC3)nn2)c1)c1cccc(Cl)c1. The number of rotatable bonds is 5. The Labute approximate surface area is 174 Å². The first kappa shape index (κ1) is 19.6. The fourth-order valence-corrected chi connectivity index (χ4v) is 4.38. The van der Waals surface area contributed by atoms with E-state index in [1.807, 2.05) is 18.2 Å². The molecule has 2 heterocycles. The van der Waals surface area contributed by atoms with Gasteiger partial charge in [-0.05, 0) is 42.5 Å². The van der Waals surface area contributed by atoms with Gasteiger partial charge in [-0.1, -0.05) is 29.8 Å². The largest absolute Gasteiger partial charge is 0.378 e. The molecular weight excluding hydrogens is 412 g/mol. The quantitative estimate of drug-likeness (QED) is 0.667. The van der Waals surface area contributed by atoms with Gasteiger partial charge in [0.15, 0.2) is 5.82 Å². The molecule has 4 rings (SSSR count). The lowest BCUT2D eigenvalue weighted by molar-refractivity contribution is 0.122. The first-order chi connectivity index (χ1) is 14.0. The Morgan fingerprint density at radius 2 is 1.76 bits per heavy atom. The Balaban J connectivity index is 1.54. The van der Waals surface area contributed by atoms with E-state index in [-0.39, 0.29) is 4.90 Å². The highest BCUT2D eigenvalue weighted by Gasteiger charge is 2.16. The van der Waals surface area contributed by atoms with E-state index < -0.39 is 10.0 Å². The third-order valence-corrected chi connectivity index (χ3v) is 6.12. The maximum absolute atomic E-state index is 12.6. The Morgan fingerprint density at radius 1 is 0.966 bits per heavy atom. The number of morpholine rings is 1. The van der Waals surface area contributed by atoms with Crippen molar-refractivity contribution in [2.75, 3.05) is 35.9 Å². The van der Waals surface area contributed by atoms with Crippen LogP contribution in [0.3, 0.4) is 0 Å². The van der Waals surface area contributed by atoms with E-state index in [1.165, 1.54) is 12.1 Å². The second kappa shape index (κ2) is 8.36. The lowest BCUT2D eigenvalue weighted by Crippen LogP contribution is -2.36. The molecule has 1 aromatic heterocycles. The molecule has 0 spiro atoms. The molecule has 0 amide bonds. The standard InChI is InChI=1S/C20H19ClN4O3S/c21-16-4-2-6-18(14-16)29(26,27)24-17-5-1-3-15(13-17)19-7-8-20(23-22-19)25-9-11-28-12-10-25/h1-8,13-14,24H,9-12H2. The van der Waals surface area contributed by atoms with E-state index in [2.05, 4.69) is 19.8 Å². The van der Waals surface area contributed by atoms with Crippen molar-refractivity contribution >= 4 is 33.1 Å². The van der Waals surface area contributed by atoms with Gasteiger partial charge in [0, 0.05) is 29.4 Å². The van der Waals surface area contributed by atoms with E-state index in [0.29, 0.717) is 29.6 Å². The molecule has 29 heavy (non-hydrogen) atoms. The molecule has 3 aromatic rings. The average molecular weight is 431 g/mol. The number of benzene rings is 2. The highest BCUT2D eigenvalue weighted by molar-refractivity contribution is 7.92. The van der Waals surface area contributed by atoms with E-state index in [0.717, 1.165) is 24.5 Å². The van der Waals surface area contributed by atoms with Crippen molar-refractivity contribution < 1.29 is 13.2 Å². The summed E-state index contributed by atoms with van der Waals surface area (Å²) in [7, 11) is -3.75. The minimum Gasteiger partial charge on any atom is -0.378 e. The molecule has 1 aliphatic rings. The third-order valence-electron chi connectivity index (χ3n) is 4.50. The highest BCUT2D eigenvalue weighted by atomic mass is 35.5. The molecule has 0 aliphatic carbocycles. The molecule has 150 valence electrons. The lowest BCUT2D eigenvalue weighted by atomic mass is 10.1. The summed E-state index contributed by atoms with van der Waals surface area (Å²) in [6.45, 7) is 2.93. The van der Waals surface area contributed by atoms with Gasteiger partial charge < -0.3 is 9.64 Å².